The van der Waals surface area contributed by atoms with Gasteiger partial charge in [-0.3, -0.25) is 0 Å². The molecule has 0 saturated carbocycles. The van der Waals surface area contributed by atoms with Gasteiger partial charge in [0.15, 0.2) is 45.5 Å². The Hall–Kier alpha value is -12.5. The second-order valence-corrected chi connectivity index (χ2v) is 28.4. The van der Waals surface area contributed by atoms with Gasteiger partial charge in [-0.15, -0.1) is 0 Å². The van der Waals surface area contributed by atoms with Crippen LogP contribution in [0.25, 0.3) is 152 Å². The van der Waals surface area contributed by atoms with Crippen LogP contribution in [0.1, 0.15) is 134 Å². The molecule has 0 N–H and O–H groups in total. The zero-order valence-corrected chi connectivity index (χ0v) is 64.4. The predicted octanol–water partition coefficient (Wildman–Crippen LogP) is 24.7. The fraction of sp³-hybridized carbons (Fsp3) is 0.250. The van der Waals surface area contributed by atoms with Crippen LogP contribution >= 0.6 is 0 Å². The fourth-order valence-electron chi connectivity index (χ4n) is 15.0. The summed E-state index contributed by atoms with van der Waals surface area (Å²) in [7, 11) is 7.17. The second-order valence-electron chi connectivity index (χ2n) is 28.4. The molecule has 536 valence electrons. The lowest BCUT2D eigenvalue weighted by molar-refractivity contribution is -0.667. The molecule has 0 bridgehead atoms. The van der Waals surface area contributed by atoms with Crippen molar-refractivity contribution in [1.29, 1.82) is 0 Å². The second kappa shape index (κ2) is 28.1. The van der Waals surface area contributed by atoms with E-state index in [1.807, 2.05) is 122 Å². The van der Waals surface area contributed by atoms with E-state index < -0.39 is 27.4 Å². The first-order chi connectivity index (χ1) is 57.9. The van der Waals surface area contributed by atoms with Crippen LogP contribution in [0.5, 0.6) is 0 Å². The van der Waals surface area contributed by atoms with Gasteiger partial charge in [0.2, 0.25) is 22.8 Å². The summed E-state index contributed by atoms with van der Waals surface area (Å²) in [5, 5.41) is 7.02. The first kappa shape index (κ1) is 55.9. The highest BCUT2D eigenvalue weighted by Crippen LogP contribution is 2.46. The van der Waals surface area contributed by atoms with Gasteiger partial charge in [-0.2, -0.15) is 18.3 Å². The van der Waals surface area contributed by atoms with Crippen molar-refractivity contribution in [3.63, 3.8) is 0 Å². The van der Waals surface area contributed by atoms with Crippen LogP contribution in [0.4, 0.5) is 22.7 Å². The summed E-state index contributed by atoms with van der Waals surface area (Å²) < 4.78 is 163. The number of fused-ring (bicyclic) bond motifs is 12. The highest BCUT2D eigenvalue weighted by atomic mass is 16.3. The minimum absolute atomic E-state index is 0.174. The molecular weight excluding hydrogens is 1330 g/mol. The minimum atomic E-state index is -2.30. The van der Waals surface area contributed by atoms with Crippen molar-refractivity contribution in [3.8, 4) is 45.0 Å². The lowest BCUT2D eigenvalue weighted by atomic mass is 9.95. The Kier molecular flexibility index (Phi) is 14.6. The number of aryl methyl sites for hydroxylation is 8. The molecule has 0 amide bonds. The van der Waals surface area contributed by atoms with Crippen LogP contribution < -0.4 is 18.3 Å². The first-order valence-corrected chi connectivity index (χ1v) is 35.3. The Labute approximate surface area is 655 Å². The van der Waals surface area contributed by atoms with Gasteiger partial charge in [0.05, 0.1) is 54.0 Å². The minimum Gasteiger partial charge on any atom is -0.455 e. The van der Waals surface area contributed by atoms with Gasteiger partial charge in [0.25, 0.3) is 0 Å². The molecule has 8 aromatic carbocycles. The van der Waals surface area contributed by atoms with Crippen molar-refractivity contribution in [2.24, 2.45) is 28.2 Å². The van der Waals surface area contributed by atoms with Crippen LogP contribution in [0.2, 0.25) is 0 Å². The number of aromatic nitrogens is 4. The number of nitrogens with zero attached hydrogens (tertiary/aromatic N) is 8. The van der Waals surface area contributed by atoms with Crippen molar-refractivity contribution >= 4 is 111 Å². The average molecular weight is 1440 g/mol. The smallest absolute Gasteiger partial charge is 0.216 e. The molecule has 108 heavy (non-hydrogen) atoms. The summed E-state index contributed by atoms with van der Waals surface area (Å²) in [4.78, 5) is 14.3. The predicted molar refractivity (Wildman–Crippen MR) is 441 cm³/mol. The van der Waals surface area contributed by atoms with Gasteiger partial charge in [-0.25, -0.2) is 19.4 Å². The van der Waals surface area contributed by atoms with E-state index in [1.165, 1.54) is 0 Å². The van der Waals surface area contributed by atoms with Crippen LogP contribution in [-0.4, -0.2) is 0 Å². The SMILES string of the molecule is [2H]c1c(C)c(C([2H])([2H])[2H])c(C)[n+](C)c1-c1c(C)cc(C)c2c1oc1ccc([N+]#[C-])cc12.[2H]c1c(C)c(C([2H])([2H])[2H])c(C)[n+](C)c1-c1c(C)ccc2c1oc1c(C)cc([N+]#[C-])cc12.[2H]c1c(C)c(C([2H])([2H])[2H])c(C)[n+](C)c1-c1c(C)ccc2c1oc1cc(C)c([N+]#[C-])cc12.[2H]c1c(C)c(C([2H])([2H])[2H])c(C)[n+](C)c1-c1c(C)ccc2c1oc1ccc([N+]#[C-])c(C)c12. The van der Waals surface area contributed by atoms with Crippen molar-refractivity contribution in [3.05, 3.63) is 279 Å². The molecule has 0 unspecified atom stereocenters. The van der Waals surface area contributed by atoms with Crippen LogP contribution in [-0.2, 0) is 28.2 Å². The Bertz CT molecular complexity index is 7300. The van der Waals surface area contributed by atoms with Crippen molar-refractivity contribution in [2.45, 2.75) is 138 Å². The van der Waals surface area contributed by atoms with E-state index in [4.69, 9.17) is 65.9 Å². The maximum Gasteiger partial charge on any atom is 0.216 e. The summed E-state index contributed by atoms with van der Waals surface area (Å²) in [6, 6.07) is 30.9. The van der Waals surface area contributed by atoms with Gasteiger partial charge < -0.3 is 17.7 Å². The van der Waals surface area contributed by atoms with Gasteiger partial charge in [0.1, 0.15) is 72.9 Å². The van der Waals surface area contributed by atoms with E-state index in [1.54, 1.807) is 126 Å². The van der Waals surface area contributed by atoms with Gasteiger partial charge in [-0.05, 0) is 220 Å². The molecule has 16 aromatic rings. The third-order valence-electron chi connectivity index (χ3n) is 21.6. The molecule has 0 aliphatic carbocycles. The average Bonchev–Trinajstić information content (AvgIpc) is 1.45. The van der Waals surface area contributed by atoms with Crippen LogP contribution in [0.3, 0.4) is 0 Å². The highest BCUT2D eigenvalue weighted by molar-refractivity contribution is 6.15. The molecule has 0 spiro atoms. The largest absolute Gasteiger partial charge is 0.455 e. The Morgan fingerprint density at radius 1 is 0.287 bits per heavy atom. The van der Waals surface area contributed by atoms with E-state index in [0.29, 0.717) is 130 Å². The zero-order chi connectivity index (χ0) is 91.3. The highest BCUT2D eigenvalue weighted by Gasteiger charge is 2.30. The van der Waals surface area contributed by atoms with Gasteiger partial charge in [0, 0.05) is 134 Å². The number of hydrogen-bond acceptors (Lipinski definition) is 4. The molecule has 12 heteroatoms. The summed E-state index contributed by atoms with van der Waals surface area (Å²) >= 11 is 0. The number of rotatable bonds is 4. The van der Waals surface area contributed by atoms with Gasteiger partial charge in [-0.1, -0.05) is 54.6 Å². The molecule has 0 atom stereocenters. The van der Waals surface area contributed by atoms with Crippen molar-refractivity contribution < 1.29 is 57.9 Å². The lowest BCUT2D eigenvalue weighted by Crippen LogP contribution is -2.36. The maximum absolute atomic E-state index is 8.86. The lowest BCUT2D eigenvalue weighted by Gasteiger charge is -2.11. The molecule has 0 fully saturated rings. The van der Waals surface area contributed by atoms with Crippen molar-refractivity contribution in [1.82, 2.24) is 0 Å². The van der Waals surface area contributed by atoms with E-state index >= 15 is 0 Å². The topological polar surface area (TPSA) is 85.5 Å². The van der Waals surface area contributed by atoms with E-state index in [2.05, 4.69) is 25.4 Å². The van der Waals surface area contributed by atoms with Crippen molar-refractivity contribution in [2.75, 3.05) is 0 Å². The molecule has 0 aliphatic rings. The quantitative estimate of drug-likeness (QED) is 0.130. The Morgan fingerprint density at radius 2 is 0.704 bits per heavy atom. The Balaban J connectivity index is 0.000000142. The summed E-state index contributed by atoms with van der Waals surface area (Å²) in [5.74, 6) is 0. The molecule has 8 heterocycles. The summed E-state index contributed by atoms with van der Waals surface area (Å²) in [5.41, 5.74) is 25.6. The van der Waals surface area contributed by atoms with E-state index in [9.17, 15) is 0 Å². The number of hydrogen-bond donors (Lipinski definition) is 0. The van der Waals surface area contributed by atoms with Gasteiger partial charge >= 0.3 is 0 Å². The fourth-order valence-corrected chi connectivity index (χ4v) is 15.0. The molecule has 0 aliphatic heterocycles. The molecule has 0 saturated heterocycles. The number of benzene rings is 8. The van der Waals surface area contributed by atoms with E-state index in [-0.39, 0.29) is 46.4 Å². The maximum atomic E-state index is 8.86. The van der Waals surface area contributed by atoms with Crippen LogP contribution in [0.15, 0.2) is 139 Å². The Morgan fingerprint density at radius 3 is 1.18 bits per heavy atom. The third kappa shape index (κ3) is 12.2. The standard InChI is InChI=1S/4C24H23N2O/c1-13-11-20(26(7)17(5)16(13)4)23-15(3)10-14(2)22-19-12-18(25-6)8-9-21(19)27-24(22)23;1-13-8-9-19-20-12-18(25-6)10-15(3)23(20)27-24(19)22(13)21-11-14(2)16(4)17(5)26(21)7;1-13-8-9-18-19-12-20(25-6)15(3)11-22(19)27-24(18)23(13)21-10-14(2)16(4)17(5)26(21)7;1-13-8-9-18-23-16(4)19(25-6)10-11-21(23)27-24(18)22(13)20-12-14(2)15(3)17(5)26(20)7/h4*8-12H,1-5,7H3/q4*+1/i2*4D3,11D;4D3,10D;3D3,12D. The molecule has 12 nitrogen and oxygen atoms in total. The van der Waals surface area contributed by atoms with E-state index in [0.717, 1.165) is 115 Å². The molecule has 16 rings (SSSR count). The van der Waals surface area contributed by atoms with Crippen LogP contribution in [0, 0.1) is 164 Å². The molecule has 8 aromatic heterocycles. The molecule has 0 radical (unpaired) electrons. The number of pyridine rings is 4. The normalized spacial score (nSPS) is 13.9. The summed E-state index contributed by atoms with van der Waals surface area (Å²) in [6.45, 7) is 49.8. The summed E-state index contributed by atoms with van der Waals surface area (Å²) in [6.07, 6.45) is 0. The molecular formula is C96H92N8O4+4. The number of furan rings is 4. The zero-order valence-electron chi connectivity index (χ0n) is 80.4. The monoisotopic (exact) mass is 1440 g/mol. The third-order valence-corrected chi connectivity index (χ3v) is 21.6. The first-order valence-electron chi connectivity index (χ1n) is 43.3.